The van der Waals surface area contributed by atoms with Crippen molar-refractivity contribution >= 4 is 17.5 Å². The molecule has 110 valence electrons. The third-order valence-electron chi connectivity index (χ3n) is 3.72. The lowest BCUT2D eigenvalue weighted by atomic mass is 10.1. The number of nitrogens with two attached hydrogens (primary N) is 1. The molecule has 0 amide bonds. The van der Waals surface area contributed by atoms with Gasteiger partial charge in [0.25, 0.3) is 0 Å². The van der Waals surface area contributed by atoms with Gasteiger partial charge in [-0.1, -0.05) is 12.8 Å². The van der Waals surface area contributed by atoms with Gasteiger partial charge in [-0.25, -0.2) is 10.8 Å². The highest BCUT2D eigenvalue weighted by Gasteiger charge is 2.26. The molecule has 0 bridgehead atoms. The van der Waals surface area contributed by atoms with Crippen molar-refractivity contribution in [3.63, 3.8) is 0 Å². The molecule has 0 spiro atoms. The van der Waals surface area contributed by atoms with Gasteiger partial charge in [0.2, 0.25) is 11.8 Å². The maximum atomic E-state index is 11.2. The van der Waals surface area contributed by atoms with E-state index >= 15 is 0 Å². The summed E-state index contributed by atoms with van der Waals surface area (Å²) in [6.45, 7) is 2.36. The molecule has 1 aliphatic rings. The Hall–Kier alpha value is -1.96. The summed E-state index contributed by atoms with van der Waals surface area (Å²) in [7, 11) is 1.83. The van der Waals surface area contributed by atoms with E-state index in [1.54, 1.807) is 6.92 Å². The van der Waals surface area contributed by atoms with Gasteiger partial charge in [-0.15, -0.1) is 0 Å². The summed E-state index contributed by atoms with van der Waals surface area (Å²) in [5.74, 6) is 6.40. The third kappa shape index (κ3) is 2.96. The van der Waals surface area contributed by atoms with Crippen LogP contribution in [-0.2, 0) is 0 Å². The number of nitrogens with one attached hydrogen (secondary N) is 1. The van der Waals surface area contributed by atoms with Crippen LogP contribution < -0.4 is 16.2 Å². The number of hydrazine groups is 1. The molecule has 0 unspecified atom stereocenters. The minimum absolute atomic E-state index is 0.0514. The van der Waals surface area contributed by atoms with Crippen LogP contribution in [0.4, 0.5) is 17.5 Å². The minimum atomic E-state index is -0.434. The number of nitrogen functional groups attached to an aromatic ring is 1. The van der Waals surface area contributed by atoms with Crippen LogP contribution in [0.25, 0.3) is 0 Å². The average Bonchev–Trinajstić information content (AvgIpc) is 2.89. The molecule has 1 aromatic rings. The second-order valence-corrected chi connectivity index (χ2v) is 5.24. The first-order valence-electron chi connectivity index (χ1n) is 6.73. The molecule has 1 saturated carbocycles. The van der Waals surface area contributed by atoms with Gasteiger partial charge in [0, 0.05) is 13.6 Å². The maximum Gasteiger partial charge on any atom is 0.332 e. The van der Waals surface area contributed by atoms with Crippen molar-refractivity contribution in [3.8, 4) is 0 Å². The van der Waals surface area contributed by atoms with Crippen LogP contribution in [0.1, 0.15) is 31.4 Å². The average molecular weight is 280 g/mol. The molecular weight excluding hydrogens is 260 g/mol. The molecule has 2 rings (SSSR count). The van der Waals surface area contributed by atoms with Crippen LogP contribution in [0.5, 0.6) is 0 Å². The van der Waals surface area contributed by atoms with E-state index in [1.807, 2.05) is 11.9 Å². The lowest BCUT2D eigenvalue weighted by molar-refractivity contribution is -0.385. The quantitative estimate of drug-likeness (QED) is 0.479. The van der Waals surface area contributed by atoms with E-state index in [0.29, 0.717) is 17.4 Å². The fourth-order valence-electron chi connectivity index (χ4n) is 2.76. The highest BCUT2D eigenvalue weighted by Crippen LogP contribution is 2.32. The van der Waals surface area contributed by atoms with Crippen molar-refractivity contribution < 1.29 is 4.92 Å². The monoisotopic (exact) mass is 280 g/mol. The number of nitrogens with zero attached hydrogens (tertiary/aromatic N) is 4. The summed E-state index contributed by atoms with van der Waals surface area (Å²) in [5, 5.41) is 11.2. The molecule has 0 atom stereocenters. The zero-order valence-electron chi connectivity index (χ0n) is 11.8. The molecule has 0 saturated heterocycles. The predicted octanol–water partition coefficient (Wildman–Crippen LogP) is 1.61. The Morgan fingerprint density at radius 2 is 2.10 bits per heavy atom. The molecule has 3 N–H and O–H groups in total. The lowest BCUT2D eigenvalue weighted by Crippen LogP contribution is -2.27. The van der Waals surface area contributed by atoms with Gasteiger partial charge < -0.3 is 4.90 Å². The Balaban J connectivity index is 2.31. The zero-order valence-corrected chi connectivity index (χ0v) is 11.8. The van der Waals surface area contributed by atoms with Crippen molar-refractivity contribution in [2.75, 3.05) is 23.9 Å². The zero-order chi connectivity index (χ0) is 14.7. The number of aryl methyl sites for hydroxylation is 1. The van der Waals surface area contributed by atoms with Crippen LogP contribution >= 0.6 is 0 Å². The van der Waals surface area contributed by atoms with Crippen molar-refractivity contribution in [2.45, 2.75) is 32.6 Å². The largest absolute Gasteiger partial charge is 0.354 e. The molecule has 0 radical (unpaired) electrons. The first-order valence-corrected chi connectivity index (χ1v) is 6.73. The van der Waals surface area contributed by atoms with E-state index in [2.05, 4.69) is 15.4 Å². The van der Waals surface area contributed by atoms with Gasteiger partial charge in [-0.05, 0) is 25.7 Å². The van der Waals surface area contributed by atoms with Crippen molar-refractivity contribution in [3.05, 3.63) is 15.8 Å². The van der Waals surface area contributed by atoms with Crippen LogP contribution in [0, 0.1) is 23.0 Å². The molecule has 1 fully saturated rings. The predicted molar refractivity (Wildman–Crippen MR) is 76.5 cm³/mol. The smallest absolute Gasteiger partial charge is 0.332 e. The standard InChI is InChI=1S/C12H20N6O2/c1-8-10(18(19)20)11(15-12(14-8)16-13)17(2)7-9-5-3-4-6-9/h9H,3-7,13H2,1-2H3,(H,14,15,16). The highest BCUT2D eigenvalue weighted by atomic mass is 16.6. The van der Waals surface area contributed by atoms with E-state index in [1.165, 1.54) is 25.7 Å². The lowest BCUT2D eigenvalue weighted by Gasteiger charge is -2.22. The Morgan fingerprint density at radius 3 is 2.65 bits per heavy atom. The van der Waals surface area contributed by atoms with Gasteiger partial charge in [0.05, 0.1) is 4.92 Å². The fourth-order valence-corrected chi connectivity index (χ4v) is 2.76. The van der Waals surface area contributed by atoms with Gasteiger partial charge in [-0.3, -0.25) is 15.5 Å². The third-order valence-corrected chi connectivity index (χ3v) is 3.72. The molecule has 1 heterocycles. The van der Waals surface area contributed by atoms with Gasteiger partial charge in [0.1, 0.15) is 5.69 Å². The van der Waals surface area contributed by atoms with Crippen molar-refractivity contribution in [2.24, 2.45) is 11.8 Å². The minimum Gasteiger partial charge on any atom is -0.354 e. The Bertz CT molecular complexity index is 501. The number of rotatable bonds is 5. The van der Waals surface area contributed by atoms with Crippen LogP contribution in [0.2, 0.25) is 0 Å². The first kappa shape index (κ1) is 14.4. The van der Waals surface area contributed by atoms with Gasteiger partial charge in [-0.2, -0.15) is 4.98 Å². The number of hydrogen-bond donors (Lipinski definition) is 2. The van der Waals surface area contributed by atoms with Gasteiger partial charge >= 0.3 is 5.69 Å². The summed E-state index contributed by atoms with van der Waals surface area (Å²) in [6.07, 6.45) is 4.81. The van der Waals surface area contributed by atoms with Crippen molar-refractivity contribution in [1.82, 2.24) is 9.97 Å². The van der Waals surface area contributed by atoms with E-state index < -0.39 is 4.92 Å². The van der Waals surface area contributed by atoms with Crippen LogP contribution in [0.15, 0.2) is 0 Å². The molecule has 8 nitrogen and oxygen atoms in total. The number of hydrogen-bond acceptors (Lipinski definition) is 7. The summed E-state index contributed by atoms with van der Waals surface area (Å²) < 4.78 is 0. The Morgan fingerprint density at radius 1 is 1.45 bits per heavy atom. The molecule has 20 heavy (non-hydrogen) atoms. The SMILES string of the molecule is Cc1nc(NN)nc(N(C)CC2CCCC2)c1[N+](=O)[O-]. The van der Waals surface area contributed by atoms with Crippen LogP contribution in [0.3, 0.4) is 0 Å². The number of nitro groups is 1. The second kappa shape index (κ2) is 6.00. The summed E-state index contributed by atoms with van der Waals surface area (Å²) in [6, 6.07) is 0. The summed E-state index contributed by atoms with van der Waals surface area (Å²) in [5.41, 5.74) is 2.61. The molecular formula is C12H20N6O2. The highest BCUT2D eigenvalue weighted by molar-refractivity contribution is 5.62. The van der Waals surface area contributed by atoms with E-state index in [9.17, 15) is 10.1 Å². The topological polar surface area (TPSA) is 110 Å². The van der Waals surface area contributed by atoms with Gasteiger partial charge in [0.15, 0.2) is 0 Å². The maximum absolute atomic E-state index is 11.2. The van der Waals surface area contributed by atoms with E-state index in [0.717, 1.165) is 6.54 Å². The first-order chi connectivity index (χ1) is 9.52. The number of aromatic nitrogens is 2. The van der Waals surface area contributed by atoms with E-state index in [4.69, 9.17) is 5.84 Å². The number of anilines is 2. The molecule has 1 aliphatic carbocycles. The molecule has 0 aromatic carbocycles. The fraction of sp³-hybridized carbons (Fsp3) is 0.667. The normalized spacial score (nSPS) is 15.3. The molecule has 8 heteroatoms. The van der Waals surface area contributed by atoms with E-state index in [-0.39, 0.29) is 11.6 Å². The summed E-state index contributed by atoms with van der Waals surface area (Å²) in [4.78, 5) is 20.8. The second-order valence-electron chi connectivity index (χ2n) is 5.24. The van der Waals surface area contributed by atoms with Crippen molar-refractivity contribution in [1.29, 1.82) is 0 Å². The molecule has 0 aliphatic heterocycles. The van der Waals surface area contributed by atoms with Crippen LogP contribution in [-0.4, -0.2) is 28.5 Å². The Kier molecular flexibility index (Phi) is 4.33. The summed E-state index contributed by atoms with van der Waals surface area (Å²) >= 11 is 0. The molecule has 1 aromatic heterocycles. The Labute approximate surface area is 117 Å².